The number of rotatable bonds is 9. The Morgan fingerprint density at radius 2 is 1.83 bits per heavy atom. The molecule has 5 N–H and O–H groups in total. The monoisotopic (exact) mass is 326 g/mol. The van der Waals surface area contributed by atoms with Gasteiger partial charge in [0.15, 0.2) is 0 Å². The van der Waals surface area contributed by atoms with Crippen molar-refractivity contribution in [1.29, 1.82) is 0 Å². The van der Waals surface area contributed by atoms with E-state index in [-0.39, 0.29) is 12.8 Å². The van der Waals surface area contributed by atoms with Crippen LogP contribution >= 0.6 is 0 Å². The summed E-state index contributed by atoms with van der Waals surface area (Å²) >= 11 is 0.351. The molecule has 0 aliphatic rings. The number of hydrogen-bond donors (Lipinski definition) is 4. The fourth-order valence-electron chi connectivity index (χ4n) is 1.17. The van der Waals surface area contributed by atoms with Gasteiger partial charge in [-0.3, -0.25) is 0 Å². The van der Waals surface area contributed by atoms with Crippen molar-refractivity contribution in [2.75, 3.05) is 0 Å². The van der Waals surface area contributed by atoms with Crippen molar-refractivity contribution in [2.24, 2.45) is 5.73 Å². The van der Waals surface area contributed by atoms with Gasteiger partial charge in [-0.25, -0.2) is 0 Å². The molecule has 0 heterocycles. The summed E-state index contributed by atoms with van der Waals surface area (Å²) in [6.45, 7) is 0. The van der Waals surface area contributed by atoms with Crippen molar-refractivity contribution in [2.45, 2.75) is 42.5 Å². The second-order valence-corrected chi connectivity index (χ2v) is 5.79. The normalized spacial score (nSPS) is 13.7. The molecule has 0 aromatic carbocycles. The van der Waals surface area contributed by atoms with E-state index in [4.69, 9.17) is 15.9 Å². The molecule has 0 saturated carbocycles. The summed E-state index contributed by atoms with van der Waals surface area (Å²) in [5, 5.41) is 20.6. The van der Waals surface area contributed by atoms with Gasteiger partial charge in [-0.05, 0) is 0 Å². The minimum absolute atomic E-state index is 0.00871. The van der Waals surface area contributed by atoms with Crippen LogP contribution < -0.4 is 11.1 Å². The first-order valence-electron chi connectivity index (χ1n) is 5.38. The molecule has 0 aromatic rings. The average Bonchev–Trinajstić information content (AvgIpc) is 2.30. The third-order valence-corrected chi connectivity index (χ3v) is 3.59. The van der Waals surface area contributed by atoms with Gasteiger partial charge in [0.25, 0.3) is 0 Å². The zero-order valence-corrected chi connectivity index (χ0v) is 11.8. The summed E-state index contributed by atoms with van der Waals surface area (Å²) in [5.74, 6) is -0.747. The van der Waals surface area contributed by atoms with E-state index in [0.29, 0.717) is 21.4 Å². The van der Waals surface area contributed by atoms with Crippen LogP contribution in [0.2, 0.25) is 11.1 Å². The van der Waals surface area contributed by atoms with Crippen LogP contribution in [0.25, 0.3) is 0 Å². The summed E-state index contributed by atoms with van der Waals surface area (Å²) < 4.78 is 0. The quantitative estimate of drug-likeness (QED) is 0.415. The van der Waals surface area contributed by atoms with Gasteiger partial charge in [0.2, 0.25) is 0 Å². The molecule has 0 bridgehead atoms. The van der Waals surface area contributed by atoms with E-state index >= 15 is 0 Å². The molecule has 0 rings (SSSR count). The first-order valence-corrected chi connectivity index (χ1v) is 8.30. The Morgan fingerprint density at radius 3 is 2.28 bits per heavy atom. The molecule has 8 heteroatoms. The Labute approximate surface area is 111 Å². The van der Waals surface area contributed by atoms with Crippen LogP contribution in [0.5, 0.6) is 0 Å². The van der Waals surface area contributed by atoms with Crippen LogP contribution in [-0.4, -0.2) is 55.1 Å². The van der Waals surface area contributed by atoms with Gasteiger partial charge in [-0.1, -0.05) is 0 Å². The maximum atomic E-state index is 11.4. The molecule has 0 unspecified atom stereocenters. The molecule has 0 aromatic heterocycles. The molecule has 0 spiro atoms. The van der Waals surface area contributed by atoms with E-state index in [1.54, 1.807) is 0 Å². The van der Waals surface area contributed by atoms with Gasteiger partial charge in [0.05, 0.1) is 0 Å². The molecular formula is C10H18N2O5Se. The van der Waals surface area contributed by atoms with Crippen LogP contribution in [0.1, 0.15) is 19.3 Å². The molecule has 104 valence electrons. The Kier molecular flexibility index (Phi) is 8.36. The van der Waals surface area contributed by atoms with E-state index in [9.17, 15) is 14.4 Å². The zero-order chi connectivity index (χ0) is 14.1. The molecule has 2 atom stereocenters. The molecular weight excluding hydrogens is 307 g/mol. The molecule has 0 fully saturated rings. The van der Waals surface area contributed by atoms with Gasteiger partial charge in [0, 0.05) is 0 Å². The van der Waals surface area contributed by atoms with Crippen LogP contribution in [0.4, 0.5) is 0 Å². The summed E-state index contributed by atoms with van der Waals surface area (Å²) in [4.78, 5) is 32.7. The minimum atomic E-state index is -1.17. The van der Waals surface area contributed by atoms with E-state index < -0.39 is 29.9 Å². The van der Waals surface area contributed by atoms with E-state index in [1.165, 1.54) is 0 Å². The first kappa shape index (κ1) is 16.9. The molecule has 0 radical (unpaired) electrons. The fourth-order valence-corrected chi connectivity index (χ4v) is 2.16. The molecule has 0 aliphatic heterocycles. The van der Waals surface area contributed by atoms with Gasteiger partial charge in [-0.2, -0.15) is 0 Å². The van der Waals surface area contributed by atoms with Gasteiger partial charge < -0.3 is 0 Å². The maximum absolute atomic E-state index is 11.4. The standard InChI is InChI=1S/C10H18N2O5Se/c1-18-5-4-7(10(16)17)12-8(13)3-2-6(11)9(14)15/h6-7H,2-5,11H2,1H3,(H,12,13)(H,14,15)(H,16,17)/t6-,7-/m0/s1. The Balaban J connectivity index is 4.09. The van der Waals surface area contributed by atoms with Crippen LogP contribution in [0, 0.1) is 0 Å². The number of aliphatic carboxylic acids is 2. The van der Waals surface area contributed by atoms with Gasteiger partial charge >= 0.3 is 111 Å². The summed E-state index contributed by atoms with van der Waals surface area (Å²) in [6, 6.07) is -2.00. The molecule has 0 saturated heterocycles. The number of carboxylic acids is 2. The van der Waals surface area contributed by atoms with Crippen molar-refractivity contribution in [3.8, 4) is 0 Å². The van der Waals surface area contributed by atoms with E-state index in [2.05, 4.69) is 5.32 Å². The summed E-state index contributed by atoms with van der Waals surface area (Å²) in [6.07, 6.45) is 0.294. The van der Waals surface area contributed by atoms with Gasteiger partial charge in [0.1, 0.15) is 0 Å². The SMILES string of the molecule is C[Se]CC[C@H](NC(=O)CC[C@H](N)C(=O)O)C(=O)O. The Bertz CT molecular complexity index is 311. The molecule has 1 amide bonds. The third-order valence-electron chi connectivity index (χ3n) is 2.24. The fraction of sp³-hybridized carbons (Fsp3) is 0.700. The van der Waals surface area contributed by atoms with Crippen molar-refractivity contribution >= 4 is 32.8 Å². The number of hydrogen-bond acceptors (Lipinski definition) is 4. The summed E-state index contributed by atoms with van der Waals surface area (Å²) in [5.41, 5.74) is 5.24. The topological polar surface area (TPSA) is 130 Å². The zero-order valence-electron chi connectivity index (χ0n) is 10.1. The van der Waals surface area contributed by atoms with Crippen LogP contribution in [0.15, 0.2) is 0 Å². The Morgan fingerprint density at radius 1 is 1.22 bits per heavy atom. The van der Waals surface area contributed by atoms with Crippen molar-refractivity contribution < 1.29 is 24.6 Å². The van der Waals surface area contributed by atoms with E-state index in [0.717, 1.165) is 5.32 Å². The van der Waals surface area contributed by atoms with E-state index in [1.807, 2.05) is 5.82 Å². The van der Waals surface area contributed by atoms with Crippen molar-refractivity contribution in [1.82, 2.24) is 5.32 Å². The van der Waals surface area contributed by atoms with Crippen molar-refractivity contribution in [3.63, 3.8) is 0 Å². The predicted molar refractivity (Wildman–Crippen MR) is 65.5 cm³/mol. The van der Waals surface area contributed by atoms with Gasteiger partial charge in [-0.15, -0.1) is 0 Å². The second-order valence-electron chi connectivity index (χ2n) is 3.72. The molecule has 18 heavy (non-hydrogen) atoms. The average molecular weight is 325 g/mol. The number of carboxylic acid groups (broad SMARTS) is 2. The number of carbonyl (C=O) groups is 3. The van der Waals surface area contributed by atoms with Crippen molar-refractivity contribution in [3.05, 3.63) is 0 Å². The Hall–Kier alpha value is -1.11. The number of nitrogens with one attached hydrogen (secondary N) is 1. The molecule has 7 nitrogen and oxygen atoms in total. The number of carbonyl (C=O) groups excluding carboxylic acids is 1. The summed E-state index contributed by atoms with van der Waals surface area (Å²) in [7, 11) is 0. The predicted octanol–water partition coefficient (Wildman–Crippen LogP) is -0.691. The van der Waals surface area contributed by atoms with Crippen LogP contribution in [-0.2, 0) is 14.4 Å². The van der Waals surface area contributed by atoms with Crippen LogP contribution in [0.3, 0.4) is 0 Å². The first-order chi connectivity index (χ1) is 8.38. The number of nitrogens with two attached hydrogens (primary N) is 1. The number of amides is 1. The third kappa shape index (κ3) is 7.26. The second kappa shape index (κ2) is 8.90. The molecule has 0 aliphatic carbocycles.